The van der Waals surface area contributed by atoms with Crippen molar-refractivity contribution in [2.45, 2.75) is 41.5 Å². The Morgan fingerprint density at radius 2 is 0.842 bits per heavy atom. The van der Waals surface area contributed by atoms with E-state index in [4.69, 9.17) is 0 Å². The summed E-state index contributed by atoms with van der Waals surface area (Å²) in [7, 11) is 0. The summed E-state index contributed by atoms with van der Waals surface area (Å²) in [4.78, 5) is 37.0. The molecule has 0 spiro atoms. The molecule has 4 nitrogen and oxygen atoms in total. The molecule has 0 aliphatic rings. The number of Topliss-reactive ketones (excluding diaryl/α,β-unsaturated/α-hetero) is 3. The van der Waals surface area contributed by atoms with Gasteiger partial charge in [0, 0.05) is 17.8 Å². The maximum atomic E-state index is 11.8. The number of nitrogens with zero attached hydrogens (tertiary/aromatic N) is 1. The number of carbonyl (C=O) groups excluding carboxylic acids is 3. The van der Waals surface area contributed by atoms with Crippen LogP contribution in [0.15, 0.2) is 0 Å². The second-order valence-electron chi connectivity index (χ2n) is 6.01. The number of carbonyl (C=O) groups is 3. The van der Waals surface area contributed by atoms with Crippen molar-refractivity contribution in [1.29, 1.82) is 0 Å². The smallest absolute Gasteiger partial charge is 0.149 e. The molecule has 0 unspecified atom stereocenters. The molecular weight excluding hydrogens is 242 g/mol. The SMILES string of the molecule is CC(C)C(=O)CN(CC(=O)C(C)C)CC(=O)C(C)C. The first-order valence-corrected chi connectivity index (χ1v) is 6.95. The average molecular weight is 269 g/mol. The van der Waals surface area contributed by atoms with Crippen LogP contribution < -0.4 is 0 Å². The fourth-order valence-electron chi connectivity index (χ4n) is 1.38. The number of ketones is 3. The van der Waals surface area contributed by atoms with E-state index in [1.807, 2.05) is 41.5 Å². The van der Waals surface area contributed by atoms with Gasteiger partial charge in [0.25, 0.3) is 0 Å². The van der Waals surface area contributed by atoms with Crippen molar-refractivity contribution in [2.75, 3.05) is 19.6 Å². The van der Waals surface area contributed by atoms with Gasteiger partial charge in [0.15, 0.2) is 0 Å². The second kappa shape index (κ2) is 8.20. The Labute approximate surface area is 116 Å². The van der Waals surface area contributed by atoms with E-state index < -0.39 is 0 Å². The monoisotopic (exact) mass is 269 g/mol. The van der Waals surface area contributed by atoms with Gasteiger partial charge in [-0.25, -0.2) is 0 Å². The zero-order valence-corrected chi connectivity index (χ0v) is 13.0. The molecule has 110 valence electrons. The van der Waals surface area contributed by atoms with Crippen molar-refractivity contribution in [3.63, 3.8) is 0 Å². The van der Waals surface area contributed by atoms with Crippen LogP contribution in [0.1, 0.15) is 41.5 Å². The molecule has 0 heterocycles. The summed E-state index contributed by atoms with van der Waals surface area (Å²) in [5.41, 5.74) is 0. The minimum Gasteiger partial charge on any atom is -0.298 e. The van der Waals surface area contributed by atoms with Crippen LogP contribution in [0.3, 0.4) is 0 Å². The lowest BCUT2D eigenvalue weighted by Gasteiger charge is -2.22. The van der Waals surface area contributed by atoms with Crippen LogP contribution >= 0.6 is 0 Å². The van der Waals surface area contributed by atoms with E-state index in [1.165, 1.54) is 0 Å². The molecule has 0 aliphatic carbocycles. The van der Waals surface area contributed by atoms with Crippen molar-refractivity contribution in [1.82, 2.24) is 4.90 Å². The van der Waals surface area contributed by atoms with Crippen LogP contribution in [0.2, 0.25) is 0 Å². The molecule has 0 saturated heterocycles. The molecule has 0 aromatic rings. The molecule has 4 heteroatoms. The summed E-state index contributed by atoms with van der Waals surface area (Å²) in [5.74, 6) is -0.0447. The van der Waals surface area contributed by atoms with Crippen LogP contribution in [0.25, 0.3) is 0 Å². The van der Waals surface area contributed by atoms with E-state index in [0.717, 1.165) is 0 Å². The summed E-state index contributed by atoms with van der Waals surface area (Å²) in [5, 5.41) is 0. The van der Waals surface area contributed by atoms with Gasteiger partial charge in [-0.2, -0.15) is 0 Å². The van der Waals surface area contributed by atoms with E-state index >= 15 is 0 Å². The molecule has 19 heavy (non-hydrogen) atoms. The highest BCUT2D eigenvalue weighted by molar-refractivity contribution is 5.87. The van der Waals surface area contributed by atoms with Gasteiger partial charge in [-0.15, -0.1) is 0 Å². The highest BCUT2D eigenvalue weighted by Gasteiger charge is 2.21. The predicted octanol–water partition coefficient (Wildman–Crippen LogP) is 1.96. The Morgan fingerprint density at radius 3 is 1.00 bits per heavy atom. The molecule has 0 radical (unpaired) electrons. The fraction of sp³-hybridized carbons (Fsp3) is 0.800. The summed E-state index contributed by atoms with van der Waals surface area (Å²) >= 11 is 0. The summed E-state index contributed by atoms with van der Waals surface area (Å²) in [6.07, 6.45) is 0. The number of rotatable bonds is 9. The van der Waals surface area contributed by atoms with Crippen LogP contribution in [0.5, 0.6) is 0 Å². The molecule has 0 fully saturated rings. The first kappa shape index (κ1) is 18.0. The largest absolute Gasteiger partial charge is 0.298 e. The van der Waals surface area contributed by atoms with Gasteiger partial charge in [-0.05, 0) is 0 Å². The van der Waals surface area contributed by atoms with Gasteiger partial charge in [0.2, 0.25) is 0 Å². The van der Waals surface area contributed by atoms with E-state index in [9.17, 15) is 14.4 Å². The van der Waals surface area contributed by atoms with Crippen molar-refractivity contribution in [3.05, 3.63) is 0 Å². The Hall–Kier alpha value is -1.03. The summed E-state index contributed by atoms with van der Waals surface area (Å²) < 4.78 is 0. The average Bonchev–Trinajstić information content (AvgIpc) is 2.27. The minimum atomic E-state index is -0.0780. The summed E-state index contributed by atoms with van der Waals surface area (Å²) in [6, 6.07) is 0. The topological polar surface area (TPSA) is 54.5 Å². The van der Waals surface area contributed by atoms with Gasteiger partial charge >= 0.3 is 0 Å². The third-order valence-corrected chi connectivity index (χ3v) is 3.07. The van der Waals surface area contributed by atoms with Crippen molar-refractivity contribution < 1.29 is 14.4 Å². The Kier molecular flexibility index (Phi) is 7.76. The highest BCUT2D eigenvalue weighted by atomic mass is 16.1. The lowest BCUT2D eigenvalue weighted by Crippen LogP contribution is -2.41. The predicted molar refractivity (Wildman–Crippen MR) is 76.0 cm³/mol. The van der Waals surface area contributed by atoms with Gasteiger partial charge in [0.05, 0.1) is 19.6 Å². The Bertz CT molecular complexity index is 280. The molecule has 0 N–H and O–H groups in total. The number of hydrogen-bond donors (Lipinski definition) is 0. The van der Waals surface area contributed by atoms with Crippen LogP contribution in [0.4, 0.5) is 0 Å². The number of hydrogen-bond acceptors (Lipinski definition) is 4. The molecule has 0 atom stereocenters. The van der Waals surface area contributed by atoms with Gasteiger partial charge in [0.1, 0.15) is 17.3 Å². The Balaban J connectivity index is 4.68. The zero-order chi connectivity index (χ0) is 15.2. The maximum absolute atomic E-state index is 11.8. The lowest BCUT2D eigenvalue weighted by molar-refractivity contribution is -0.128. The third kappa shape index (κ3) is 7.21. The maximum Gasteiger partial charge on any atom is 0.149 e. The van der Waals surface area contributed by atoms with Crippen LogP contribution in [-0.4, -0.2) is 41.9 Å². The minimum absolute atomic E-state index is 0.0631. The molecule has 0 aliphatic heterocycles. The second-order valence-corrected chi connectivity index (χ2v) is 6.01. The normalized spacial score (nSPS) is 11.7. The first-order chi connectivity index (χ1) is 8.65. The van der Waals surface area contributed by atoms with Crippen molar-refractivity contribution in [2.24, 2.45) is 17.8 Å². The van der Waals surface area contributed by atoms with Crippen LogP contribution in [0, 0.1) is 17.8 Å². The fourth-order valence-corrected chi connectivity index (χ4v) is 1.38. The van der Waals surface area contributed by atoms with E-state index in [1.54, 1.807) is 4.90 Å². The Morgan fingerprint density at radius 1 is 0.632 bits per heavy atom. The van der Waals surface area contributed by atoms with Gasteiger partial charge < -0.3 is 0 Å². The van der Waals surface area contributed by atoms with Gasteiger partial charge in [-0.1, -0.05) is 41.5 Å². The molecular formula is C15H27NO3. The van der Waals surface area contributed by atoms with Crippen molar-refractivity contribution in [3.8, 4) is 0 Å². The highest BCUT2D eigenvalue weighted by Crippen LogP contribution is 2.04. The van der Waals surface area contributed by atoms with E-state index in [0.29, 0.717) is 0 Å². The standard InChI is InChI=1S/C15H27NO3/c1-10(2)13(17)7-16(8-14(18)11(3)4)9-15(19)12(5)6/h10-12H,7-9H2,1-6H3. The molecule has 0 bridgehead atoms. The van der Waals surface area contributed by atoms with Crippen LogP contribution in [-0.2, 0) is 14.4 Å². The van der Waals surface area contributed by atoms with Crippen molar-refractivity contribution >= 4 is 17.3 Å². The zero-order valence-electron chi connectivity index (χ0n) is 13.0. The first-order valence-electron chi connectivity index (χ1n) is 6.95. The van der Waals surface area contributed by atoms with E-state index in [-0.39, 0.29) is 54.7 Å². The molecule has 0 aromatic heterocycles. The summed E-state index contributed by atoms with van der Waals surface area (Å²) in [6.45, 7) is 11.5. The van der Waals surface area contributed by atoms with Gasteiger partial charge in [-0.3, -0.25) is 19.3 Å². The molecule has 0 aromatic carbocycles. The molecule has 0 rings (SSSR count). The quantitative estimate of drug-likeness (QED) is 0.642. The molecule has 0 saturated carbocycles. The third-order valence-electron chi connectivity index (χ3n) is 3.07. The van der Waals surface area contributed by atoms with E-state index in [2.05, 4.69) is 0 Å². The molecule has 0 amide bonds. The lowest BCUT2D eigenvalue weighted by atomic mass is 10.0.